The largest absolute Gasteiger partial charge is 0.284 e. The molecule has 33 heavy (non-hydrogen) atoms. The van der Waals surface area contributed by atoms with Crippen LogP contribution in [0.15, 0.2) is 71.9 Å². The Balaban J connectivity index is 1.52. The molecule has 4 aromatic rings. The maximum Gasteiger partial charge on any atom is 0.229 e. The second-order valence-electron chi connectivity index (χ2n) is 7.33. The van der Waals surface area contributed by atoms with Gasteiger partial charge in [0.1, 0.15) is 5.82 Å². The van der Waals surface area contributed by atoms with E-state index in [1.54, 1.807) is 24.5 Å². The minimum absolute atomic E-state index is 0.0113. The van der Waals surface area contributed by atoms with E-state index >= 15 is 0 Å². The molecule has 2 heterocycles. The maximum atomic E-state index is 13.6. The van der Waals surface area contributed by atoms with Gasteiger partial charge in [-0.15, -0.1) is 0 Å². The number of carbonyl (C=O) groups is 1. The second kappa shape index (κ2) is 9.94. The number of pyridine rings is 1. The molecule has 0 bridgehead atoms. The van der Waals surface area contributed by atoms with E-state index < -0.39 is 9.84 Å². The molecule has 0 spiro atoms. The molecule has 0 unspecified atom stereocenters. The fourth-order valence-electron chi connectivity index (χ4n) is 3.25. The lowest BCUT2D eigenvalue weighted by molar-refractivity contribution is -0.118. The van der Waals surface area contributed by atoms with Gasteiger partial charge in [-0.25, -0.2) is 17.8 Å². The highest BCUT2D eigenvalue weighted by molar-refractivity contribution is 7.91. The van der Waals surface area contributed by atoms with Crippen molar-refractivity contribution in [3.63, 3.8) is 0 Å². The monoisotopic (exact) mass is 503 g/mol. The zero-order chi connectivity index (χ0) is 23.4. The lowest BCUT2D eigenvalue weighted by Crippen LogP contribution is -2.30. The Kier molecular flexibility index (Phi) is 7.02. The Bertz CT molecular complexity index is 1380. The maximum absolute atomic E-state index is 13.6. The summed E-state index contributed by atoms with van der Waals surface area (Å²) in [4.78, 5) is 23.4. The fraction of sp³-hybridized carbons (Fsp3) is 0.174. The third-order valence-corrected chi connectivity index (χ3v) is 8.02. The van der Waals surface area contributed by atoms with E-state index in [2.05, 4.69) is 9.97 Å². The molecule has 0 aliphatic heterocycles. The van der Waals surface area contributed by atoms with Crippen LogP contribution < -0.4 is 4.90 Å². The molecule has 4 rings (SSSR count). The third-order valence-electron chi connectivity index (χ3n) is 4.91. The van der Waals surface area contributed by atoms with Gasteiger partial charge in [0.15, 0.2) is 15.0 Å². The van der Waals surface area contributed by atoms with Crippen LogP contribution in [0.3, 0.4) is 0 Å². The van der Waals surface area contributed by atoms with Crippen molar-refractivity contribution >= 4 is 54.0 Å². The molecule has 2 aromatic carbocycles. The van der Waals surface area contributed by atoms with Crippen LogP contribution in [0.5, 0.6) is 0 Å². The number of hydrogen-bond acceptors (Lipinski definition) is 6. The van der Waals surface area contributed by atoms with Crippen LogP contribution in [0.2, 0.25) is 5.02 Å². The number of hydrogen-bond donors (Lipinski definition) is 0. The molecule has 0 N–H and O–H groups in total. The van der Waals surface area contributed by atoms with Crippen LogP contribution in [0.4, 0.5) is 9.52 Å². The Hall–Kier alpha value is -2.88. The van der Waals surface area contributed by atoms with Gasteiger partial charge in [-0.1, -0.05) is 29.0 Å². The molecular weight excluding hydrogens is 485 g/mol. The molecule has 0 saturated heterocycles. The molecule has 170 valence electrons. The quantitative estimate of drug-likeness (QED) is 0.327. The molecule has 1 amide bonds. The van der Waals surface area contributed by atoms with Crippen molar-refractivity contribution in [2.75, 3.05) is 10.7 Å². The molecule has 0 aliphatic carbocycles. The van der Waals surface area contributed by atoms with E-state index in [0.717, 1.165) is 5.56 Å². The van der Waals surface area contributed by atoms with Crippen molar-refractivity contribution in [1.82, 2.24) is 9.97 Å². The average Bonchev–Trinajstić information content (AvgIpc) is 3.21. The van der Waals surface area contributed by atoms with Gasteiger partial charge in [-0.05, 0) is 60.5 Å². The zero-order valence-electron chi connectivity index (χ0n) is 17.3. The number of thiazole rings is 1. The summed E-state index contributed by atoms with van der Waals surface area (Å²) in [7, 11) is -3.54. The number of halogens is 2. The summed E-state index contributed by atoms with van der Waals surface area (Å²) in [6.45, 7) is 0.221. The van der Waals surface area contributed by atoms with Crippen LogP contribution in [0.25, 0.3) is 10.2 Å². The normalized spacial score (nSPS) is 11.6. The second-order valence-corrected chi connectivity index (χ2v) is 10.9. The van der Waals surface area contributed by atoms with Gasteiger partial charge in [-0.3, -0.25) is 14.7 Å². The summed E-state index contributed by atoms with van der Waals surface area (Å²) < 4.78 is 39.4. The van der Waals surface area contributed by atoms with E-state index in [9.17, 15) is 17.6 Å². The molecule has 0 saturated carbocycles. The van der Waals surface area contributed by atoms with Crippen molar-refractivity contribution in [3.8, 4) is 0 Å². The van der Waals surface area contributed by atoms with E-state index in [4.69, 9.17) is 11.6 Å². The topological polar surface area (TPSA) is 80.2 Å². The predicted molar refractivity (Wildman–Crippen MR) is 128 cm³/mol. The number of rotatable bonds is 8. The number of benzene rings is 2. The predicted octanol–water partition coefficient (Wildman–Crippen LogP) is 5.27. The number of fused-ring (bicyclic) bond motifs is 1. The van der Waals surface area contributed by atoms with E-state index in [-0.39, 0.29) is 41.8 Å². The standard InChI is InChI=1S/C23H19ClFN3O3S2/c24-17-5-8-19(9-6-17)33(30,31)12-2-4-22(29)28(15-16-3-1-11-26-14-16)23-27-20-10-7-18(25)13-21(20)32-23/h1,3,5-11,13-14H,2,4,12,15H2. The molecule has 0 aliphatic rings. The first-order valence-corrected chi connectivity index (χ1v) is 12.9. The van der Waals surface area contributed by atoms with Crippen molar-refractivity contribution in [3.05, 3.63) is 83.4 Å². The first-order valence-electron chi connectivity index (χ1n) is 10.1. The highest BCUT2D eigenvalue weighted by atomic mass is 35.5. The van der Waals surface area contributed by atoms with E-state index in [1.807, 2.05) is 6.07 Å². The highest BCUT2D eigenvalue weighted by Gasteiger charge is 2.22. The Morgan fingerprint density at radius 1 is 1.12 bits per heavy atom. The van der Waals surface area contributed by atoms with Gasteiger partial charge in [-0.2, -0.15) is 0 Å². The summed E-state index contributed by atoms with van der Waals surface area (Å²) in [5.41, 5.74) is 1.38. The van der Waals surface area contributed by atoms with Crippen molar-refractivity contribution in [1.29, 1.82) is 0 Å². The van der Waals surface area contributed by atoms with Gasteiger partial charge >= 0.3 is 0 Å². The van der Waals surface area contributed by atoms with Crippen molar-refractivity contribution in [2.45, 2.75) is 24.3 Å². The molecular formula is C23H19ClFN3O3S2. The Labute approximate surface area is 199 Å². The molecule has 0 atom stereocenters. The van der Waals surface area contributed by atoms with Crippen molar-refractivity contribution < 1.29 is 17.6 Å². The fourth-order valence-corrected chi connectivity index (χ4v) is 5.69. The number of anilines is 1. The van der Waals surface area contributed by atoms with Gasteiger partial charge in [0.05, 0.1) is 27.4 Å². The van der Waals surface area contributed by atoms with Gasteiger partial charge in [0.25, 0.3) is 0 Å². The first-order chi connectivity index (χ1) is 15.8. The molecule has 2 aromatic heterocycles. The zero-order valence-corrected chi connectivity index (χ0v) is 19.7. The van der Waals surface area contributed by atoms with E-state index in [0.29, 0.717) is 20.4 Å². The molecule has 10 heteroatoms. The first kappa shape index (κ1) is 23.3. The lowest BCUT2D eigenvalue weighted by atomic mass is 10.2. The third kappa shape index (κ3) is 5.73. The average molecular weight is 504 g/mol. The Morgan fingerprint density at radius 2 is 1.91 bits per heavy atom. The number of sulfone groups is 1. The highest BCUT2D eigenvalue weighted by Crippen LogP contribution is 2.31. The summed E-state index contributed by atoms with van der Waals surface area (Å²) in [5.74, 6) is -0.827. The van der Waals surface area contributed by atoms with E-state index in [1.165, 1.54) is 52.6 Å². The number of aromatic nitrogens is 2. The Morgan fingerprint density at radius 3 is 2.64 bits per heavy atom. The SMILES string of the molecule is O=C(CCCS(=O)(=O)c1ccc(Cl)cc1)N(Cc1cccnc1)c1nc2ccc(F)cc2s1. The summed E-state index contributed by atoms with van der Waals surface area (Å²) in [6.07, 6.45) is 3.44. The molecule has 6 nitrogen and oxygen atoms in total. The van der Waals surface area contributed by atoms with Crippen LogP contribution >= 0.6 is 22.9 Å². The smallest absolute Gasteiger partial charge is 0.229 e. The number of carbonyl (C=O) groups excluding carboxylic acids is 1. The van der Waals surface area contributed by atoms with Crippen LogP contribution in [-0.4, -0.2) is 30.0 Å². The number of nitrogens with zero attached hydrogens (tertiary/aromatic N) is 3. The number of amides is 1. The minimum atomic E-state index is -3.54. The summed E-state index contributed by atoms with van der Waals surface area (Å²) in [5, 5.41) is 0.871. The van der Waals surface area contributed by atoms with Crippen LogP contribution in [0.1, 0.15) is 18.4 Å². The molecule has 0 fully saturated rings. The van der Waals surface area contributed by atoms with Gasteiger partial charge in [0, 0.05) is 23.8 Å². The summed E-state index contributed by atoms with van der Waals surface area (Å²) >= 11 is 7.04. The van der Waals surface area contributed by atoms with Crippen molar-refractivity contribution in [2.24, 2.45) is 0 Å². The lowest BCUT2D eigenvalue weighted by Gasteiger charge is -2.20. The van der Waals surface area contributed by atoms with Crippen LogP contribution in [-0.2, 0) is 21.2 Å². The minimum Gasteiger partial charge on any atom is -0.284 e. The molecule has 0 radical (unpaired) electrons. The van der Waals surface area contributed by atoms with Gasteiger partial charge in [0.2, 0.25) is 5.91 Å². The summed E-state index contributed by atoms with van der Waals surface area (Å²) in [6, 6.07) is 13.8. The van der Waals surface area contributed by atoms with Crippen LogP contribution in [0, 0.1) is 5.82 Å². The van der Waals surface area contributed by atoms with Gasteiger partial charge < -0.3 is 0 Å².